The Hall–Kier alpha value is -0.940. The van der Waals surface area contributed by atoms with Gasteiger partial charge in [-0.3, -0.25) is 4.90 Å². The molecule has 0 spiro atoms. The maximum atomic E-state index is 3.90. The summed E-state index contributed by atoms with van der Waals surface area (Å²) in [7, 11) is 2.24. The zero-order valence-electron chi connectivity index (χ0n) is 17.2. The third kappa shape index (κ3) is 5.32. The average Bonchev–Trinajstić information content (AvgIpc) is 2.92. The second-order valence-corrected chi connectivity index (χ2v) is 9.02. The van der Waals surface area contributed by atoms with Crippen molar-refractivity contribution in [3.05, 3.63) is 35.9 Å². The fourth-order valence-electron chi connectivity index (χ4n) is 5.33. The van der Waals surface area contributed by atoms with Crippen molar-refractivity contribution >= 4 is 0 Å². The molecular weight excluding hydrogens is 332 g/mol. The van der Waals surface area contributed by atoms with Crippen molar-refractivity contribution in [2.24, 2.45) is 0 Å². The van der Waals surface area contributed by atoms with Gasteiger partial charge in [0.15, 0.2) is 0 Å². The first-order valence-corrected chi connectivity index (χ1v) is 11.2. The Balaban J connectivity index is 1.13. The Labute approximate surface area is 165 Å². The smallest absolute Gasteiger partial charge is 0.0239 e. The summed E-state index contributed by atoms with van der Waals surface area (Å²) in [5, 5.41) is 3.90. The number of nitrogens with one attached hydrogen (secondary N) is 1. The summed E-state index contributed by atoms with van der Waals surface area (Å²) in [5.41, 5.74) is 1.48. The largest absolute Gasteiger partial charge is 0.314 e. The first-order chi connectivity index (χ1) is 13.3. The lowest BCUT2D eigenvalue weighted by Gasteiger charge is -2.39. The number of hydrogen-bond acceptors (Lipinski definition) is 4. The summed E-state index contributed by atoms with van der Waals surface area (Å²) < 4.78 is 0. The summed E-state index contributed by atoms with van der Waals surface area (Å²) in [6.45, 7) is 8.63. The van der Waals surface area contributed by atoms with E-state index in [1.807, 2.05) is 0 Å². The molecule has 0 saturated carbocycles. The molecule has 1 aromatic carbocycles. The van der Waals surface area contributed by atoms with Crippen LogP contribution in [-0.2, 0) is 6.54 Å². The minimum atomic E-state index is 0.748. The van der Waals surface area contributed by atoms with Crippen LogP contribution in [0.15, 0.2) is 30.3 Å². The standard InChI is InChI=1S/C23H38N4/c1-25-13-15-26(16-14-25)12-6-5-11-24-21-17-22-9-10-23(18-21)27(22)19-20-7-3-2-4-8-20/h2-4,7-8,21-24H,5-6,9-19H2,1H3. The van der Waals surface area contributed by atoms with Crippen LogP contribution >= 0.6 is 0 Å². The predicted molar refractivity (Wildman–Crippen MR) is 113 cm³/mol. The summed E-state index contributed by atoms with van der Waals surface area (Å²) in [5.74, 6) is 0. The SMILES string of the molecule is CN1CCN(CCCCNC2CC3CCC(C2)N3Cc2ccccc2)CC1. The molecule has 0 aromatic heterocycles. The van der Waals surface area contributed by atoms with Crippen molar-refractivity contribution in [1.29, 1.82) is 0 Å². The second kappa shape index (κ2) is 9.51. The monoisotopic (exact) mass is 370 g/mol. The third-order valence-corrected chi connectivity index (χ3v) is 7.02. The molecule has 150 valence electrons. The van der Waals surface area contributed by atoms with Gasteiger partial charge in [-0.05, 0) is 64.2 Å². The minimum Gasteiger partial charge on any atom is -0.314 e. The number of piperidine rings is 1. The minimum absolute atomic E-state index is 0.748. The Morgan fingerprint density at radius 2 is 1.63 bits per heavy atom. The number of unbranched alkanes of at least 4 members (excludes halogenated alkanes) is 1. The van der Waals surface area contributed by atoms with Crippen molar-refractivity contribution in [1.82, 2.24) is 20.0 Å². The van der Waals surface area contributed by atoms with E-state index in [-0.39, 0.29) is 0 Å². The highest BCUT2D eigenvalue weighted by Gasteiger charge is 2.40. The first-order valence-electron chi connectivity index (χ1n) is 11.2. The molecule has 0 radical (unpaired) electrons. The summed E-state index contributed by atoms with van der Waals surface area (Å²) in [4.78, 5) is 7.87. The van der Waals surface area contributed by atoms with E-state index in [4.69, 9.17) is 0 Å². The van der Waals surface area contributed by atoms with E-state index in [0.717, 1.165) is 24.7 Å². The molecule has 2 unspecified atom stereocenters. The lowest BCUT2D eigenvalue weighted by molar-refractivity contribution is 0.109. The van der Waals surface area contributed by atoms with Crippen LogP contribution in [0.5, 0.6) is 0 Å². The average molecular weight is 371 g/mol. The molecule has 3 fully saturated rings. The molecule has 2 atom stereocenters. The van der Waals surface area contributed by atoms with Crippen molar-refractivity contribution in [2.75, 3.05) is 46.3 Å². The van der Waals surface area contributed by atoms with Crippen LogP contribution in [0, 0.1) is 0 Å². The lowest BCUT2D eigenvalue weighted by atomic mass is 9.96. The zero-order valence-corrected chi connectivity index (χ0v) is 17.2. The number of likely N-dealkylation sites (N-methyl/N-ethyl adjacent to an activating group) is 1. The van der Waals surface area contributed by atoms with Crippen molar-refractivity contribution < 1.29 is 0 Å². The van der Waals surface area contributed by atoms with Gasteiger partial charge in [-0.1, -0.05) is 30.3 Å². The molecule has 3 heterocycles. The molecule has 4 nitrogen and oxygen atoms in total. The molecule has 1 aromatic rings. The van der Waals surface area contributed by atoms with Crippen LogP contribution < -0.4 is 5.32 Å². The molecule has 0 aliphatic carbocycles. The molecule has 4 rings (SSSR count). The molecule has 1 N–H and O–H groups in total. The van der Waals surface area contributed by atoms with Gasteiger partial charge >= 0.3 is 0 Å². The number of nitrogens with zero attached hydrogens (tertiary/aromatic N) is 3. The van der Waals surface area contributed by atoms with Gasteiger partial charge in [-0.15, -0.1) is 0 Å². The molecule has 3 aliphatic heterocycles. The molecule has 0 amide bonds. The molecular formula is C23H38N4. The Morgan fingerprint density at radius 3 is 2.33 bits per heavy atom. The first kappa shape index (κ1) is 19.4. The Bertz CT molecular complexity index is 541. The van der Waals surface area contributed by atoms with E-state index in [2.05, 4.69) is 57.4 Å². The fourth-order valence-corrected chi connectivity index (χ4v) is 5.33. The predicted octanol–water partition coefficient (Wildman–Crippen LogP) is 2.80. The highest BCUT2D eigenvalue weighted by atomic mass is 15.2. The molecule has 3 aliphatic rings. The van der Waals surface area contributed by atoms with E-state index in [1.54, 1.807) is 0 Å². The van der Waals surface area contributed by atoms with Gasteiger partial charge in [0.05, 0.1) is 0 Å². The van der Waals surface area contributed by atoms with E-state index < -0.39 is 0 Å². The van der Waals surface area contributed by atoms with E-state index in [0.29, 0.717) is 0 Å². The van der Waals surface area contributed by atoms with Gasteiger partial charge < -0.3 is 15.1 Å². The third-order valence-electron chi connectivity index (χ3n) is 7.02. The normalized spacial score (nSPS) is 30.0. The van der Waals surface area contributed by atoms with Crippen molar-refractivity contribution in [3.63, 3.8) is 0 Å². The number of piperazine rings is 1. The molecule has 27 heavy (non-hydrogen) atoms. The quantitative estimate of drug-likeness (QED) is 0.710. The van der Waals surface area contributed by atoms with Crippen LogP contribution in [0.1, 0.15) is 44.1 Å². The van der Waals surface area contributed by atoms with Crippen LogP contribution in [-0.4, -0.2) is 79.1 Å². The second-order valence-electron chi connectivity index (χ2n) is 9.02. The maximum Gasteiger partial charge on any atom is 0.0239 e. The van der Waals surface area contributed by atoms with Gasteiger partial charge in [0.25, 0.3) is 0 Å². The molecule has 4 heteroatoms. The van der Waals surface area contributed by atoms with Crippen LogP contribution in [0.4, 0.5) is 0 Å². The highest BCUT2D eigenvalue weighted by molar-refractivity contribution is 5.15. The number of hydrogen-bond donors (Lipinski definition) is 1. The van der Waals surface area contributed by atoms with Gasteiger partial charge in [0.2, 0.25) is 0 Å². The zero-order chi connectivity index (χ0) is 18.5. The highest BCUT2D eigenvalue weighted by Crippen LogP contribution is 2.36. The summed E-state index contributed by atoms with van der Waals surface area (Å²) in [6.07, 6.45) is 8.17. The van der Waals surface area contributed by atoms with Crippen LogP contribution in [0.25, 0.3) is 0 Å². The summed E-state index contributed by atoms with van der Waals surface area (Å²) in [6, 6.07) is 13.4. The van der Waals surface area contributed by atoms with Gasteiger partial charge in [-0.2, -0.15) is 0 Å². The van der Waals surface area contributed by atoms with Gasteiger partial charge in [-0.25, -0.2) is 0 Å². The molecule has 3 saturated heterocycles. The fraction of sp³-hybridized carbons (Fsp3) is 0.739. The number of fused-ring (bicyclic) bond motifs is 2. The van der Waals surface area contributed by atoms with Crippen molar-refractivity contribution in [2.45, 2.75) is 63.2 Å². The number of rotatable bonds is 8. The van der Waals surface area contributed by atoms with E-state index in [1.165, 1.54) is 83.4 Å². The Morgan fingerprint density at radius 1 is 0.926 bits per heavy atom. The number of benzene rings is 1. The molecule has 2 bridgehead atoms. The Kier molecular flexibility index (Phi) is 6.82. The van der Waals surface area contributed by atoms with E-state index in [9.17, 15) is 0 Å². The van der Waals surface area contributed by atoms with Crippen LogP contribution in [0.2, 0.25) is 0 Å². The summed E-state index contributed by atoms with van der Waals surface area (Å²) >= 11 is 0. The van der Waals surface area contributed by atoms with E-state index >= 15 is 0 Å². The van der Waals surface area contributed by atoms with Crippen LogP contribution in [0.3, 0.4) is 0 Å². The lowest BCUT2D eigenvalue weighted by Crippen LogP contribution is -2.48. The van der Waals surface area contributed by atoms with Gasteiger partial charge in [0.1, 0.15) is 0 Å². The topological polar surface area (TPSA) is 21.8 Å². The maximum absolute atomic E-state index is 3.90. The van der Waals surface area contributed by atoms with Crippen molar-refractivity contribution in [3.8, 4) is 0 Å². The van der Waals surface area contributed by atoms with Gasteiger partial charge in [0, 0.05) is 50.8 Å².